The van der Waals surface area contributed by atoms with Gasteiger partial charge in [0.2, 0.25) is 0 Å². The van der Waals surface area contributed by atoms with E-state index >= 15 is 0 Å². The third-order valence-electron chi connectivity index (χ3n) is 5.49. The predicted molar refractivity (Wildman–Crippen MR) is 125 cm³/mol. The molecule has 1 fully saturated rings. The molecule has 7 nitrogen and oxygen atoms in total. The molecule has 0 radical (unpaired) electrons. The first-order valence-corrected chi connectivity index (χ1v) is 11.9. The lowest BCUT2D eigenvalue weighted by Gasteiger charge is -2.36. The largest absolute Gasteiger partial charge is 0.497 e. The van der Waals surface area contributed by atoms with Crippen LogP contribution in [0, 0.1) is 5.82 Å². The molecule has 0 spiro atoms. The van der Waals surface area contributed by atoms with E-state index in [0.29, 0.717) is 43.3 Å². The fraction of sp³-hybridized carbons (Fsp3) is 0.208. The van der Waals surface area contributed by atoms with E-state index in [9.17, 15) is 17.6 Å². The van der Waals surface area contributed by atoms with Gasteiger partial charge in [-0.15, -0.1) is 0 Å². The number of amides is 1. The van der Waals surface area contributed by atoms with E-state index in [1.54, 1.807) is 59.5 Å². The average Bonchev–Trinajstić information content (AvgIpc) is 2.84. The van der Waals surface area contributed by atoms with Gasteiger partial charge in [0.05, 0.1) is 17.7 Å². The molecule has 1 aliphatic heterocycles. The zero-order chi connectivity index (χ0) is 23.4. The molecule has 1 heterocycles. The summed E-state index contributed by atoms with van der Waals surface area (Å²) in [5.41, 5.74) is 1.19. The van der Waals surface area contributed by atoms with Crippen molar-refractivity contribution in [3.8, 4) is 5.75 Å². The number of methoxy groups -OCH3 is 1. The maximum atomic E-state index is 14.1. The lowest BCUT2D eigenvalue weighted by molar-refractivity contribution is 0.0746. The smallest absolute Gasteiger partial charge is 0.261 e. The number of para-hydroxylation sites is 1. The second-order valence-corrected chi connectivity index (χ2v) is 9.27. The Morgan fingerprint density at radius 3 is 2.30 bits per heavy atom. The van der Waals surface area contributed by atoms with Gasteiger partial charge in [-0.05, 0) is 54.6 Å². The van der Waals surface area contributed by atoms with Crippen LogP contribution in [0.4, 0.5) is 15.8 Å². The topological polar surface area (TPSA) is 78.9 Å². The van der Waals surface area contributed by atoms with E-state index in [-0.39, 0.29) is 22.2 Å². The van der Waals surface area contributed by atoms with Crippen LogP contribution >= 0.6 is 0 Å². The van der Waals surface area contributed by atoms with Gasteiger partial charge >= 0.3 is 0 Å². The van der Waals surface area contributed by atoms with Crippen LogP contribution < -0.4 is 14.4 Å². The van der Waals surface area contributed by atoms with Crippen molar-refractivity contribution in [2.45, 2.75) is 4.90 Å². The van der Waals surface area contributed by atoms with Crippen LogP contribution in [0.2, 0.25) is 0 Å². The number of sulfonamides is 1. The molecule has 0 bridgehead atoms. The summed E-state index contributed by atoms with van der Waals surface area (Å²) in [6.07, 6.45) is 0. The highest BCUT2D eigenvalue weighted by Crippen LogP contribution is 2.23. The van der Waals surface area contributed by atoms with Crippen molar-refractivity contribution in [1.82, 2.24) is 4.90 Å². The number of ether oxygens (including phenoxy) is 1. The normalized spacial score (nSPS) is 14.1. The third kappa shape index (κ3) is 5.09. The number of hydrogen-bond acceptors (Lipinski definition) is 5. The van der Waals surface area contributed by atoms with Gasteiger partial charge in [-0.1, -0.05) is 18.2 Å². The molecule has 1 saturated heterocycles. The molecule has 3 aromatic carbocycles. The van der Waals surface area contributed by atoms with Crippen LogP contribution in [0.25, 0.3) is 0 Å². The molecular formula is C24H24FN3O4S. The maximum Gasteiger partial charge on any atom is 0.261 e. The first kappa shape index (κ1) is 22.6. The zero-order valence-corrected chi connectivity index (χ0v) is 18.9. The van der Waals surface area contributed by atoms with Crippen LogP contribution in [-0.2, 0) is 10.0 Å². The minimum Gasteiger partial charge on any atom is -0.497 e. The standard InChI is InChI=1S/C24H24FN3O4S/c1-32-20-11-9-19(10-12-20)26-33(30,31)21-6-4-5-18(17-21)24(29)28-15-13-27(14-16-28)23-8-3-2-7-22(23)25/h2-12,17,26H,13-16H2,1H3. The molecular weight excluding hydrogens is 445 g/mol. The highest BCUT2D eigenvalue weighted by atomic mass is 32.2. The van der Waals surface area contributed by atoms with Crippen LogP contribution in [-0.4, -0.2) is 52.5 Å². The van der Waals surface area contributed by atoms with Crippen LogP contribution in [0.15, 0.2) is 77.7 Å². The van der Waals surface area contributed by atoms with Gasteiger partial charge in [0.25, 0.3) is 15.9 Å². The summed E-state index contributed by atoms with van der Waals surface area (Å²) in [4.78, 5) is 16.6. The van der Waals surface area contributed by atoms with Gasteiger partial charge in [0, 0.05) is 37.4 Å². The van der Waals surface area contributed by atoms with Crippen LogP contribution in [0.3, 0.4) is 0 Å². The Labute approximate surface area is 192 Å². The van der Waals surface area contributed by atoms with E-state index in [1.807, 2.05) is 4.90 Å². The minimum absolute atomic E-state index is 0.00541. The van der Waals surface area contributed by atoms with Gasteiger partial charge in [0.15, 0.2) is 0 Å². The van der Waals surface area contributed by atoms with Gasteiger partial charge in [0.1, 0.15) is 11.6 Å². The predicted octanol–water partition coefficient (Wildman–Crippen LogP) is 3.60. The molecule has 9 heteroatoms. The Kier molecular flexibility index (Phi) is 6.50. The molecule has 1 aliphatic rings. The molecule has 0 saturated carbocycles. The number of nitrogens with one attached hydrogen (secondary N) is 1. The van der Waals surface area contributed by atoms with E-state index in [1.165, 1.54) is 25.3 Å². The number of anilines is 2. The molecule has 4 rings (SSSR count). The molecule has 1 amide bonds. The lowest BCUT2D eigenvalue weighted by Crippen LogP contribution is -2.49. The first-order valence-electron chi connectivity index (χ1n) is 10.4. The zero-order valence-electron chi connectivity index (χ0n) is 18.1. The van der Waals surface area contributed by atoms with Crippen molar-refractivity contribution >= 4 is 27.3 Å². The van der Waals surface area contributed by atoms with Crippen molar-refractivity contribution in [2.24, 2.45) is 0 Å². The molecule has 0 aromatic heterocycles. The fourth-order valence-electron chi connectivity index (χ4n) is 3.71. The molecule has 3 aromatic rings. The number of benzene rings is 3. The summed E-state index contributed by atoms with van der Waals surface area (Å²) < 4.78 is 47.3. The minimum atomic E-state index is -3.88. The Balaban J connectivity index is 1.45. The van der Waals surface area contributed by atoms with Crippen molar-refractivity contribution in [2.75, 3.05) is 42.9 Å². The Bertz CT molecular complexity index is 1240. The summed E-state index contributed by atoms with van der Waals surface area (Å²) in [7, 11) is -2.35. The number of rotatable bonds is 6. The summed E-state index contributed by atoms with van der Waals surface area (Å²) in [5.74, 6) is 0.0601. The van der Waals surface area contributed by atoms with Gasteiger partial charge in [-0.2, -0.15) is 0 Å². The highest BCUT2D eigenvalue weighted by Gasteiger charge is 2.25. The number of halogens is 1. The van der Waals surface area contributed by atoms with E-state index in [2.05, 4.69) is 4.72 Å². The Hall–Kier alpha value is -3.59. The number of nitrogens with zero attached hydrogens (tertiary/aromatic N) is 2. The highest BCUT2D eigenvalue weighted by molar-refractivity contribution is 7.92. The quantitative estimate of drug-likeness (QED) is 0.597. The molecule has 0 atom stereocenters. The van der Waals surface area contributed by atoms with Gasteiger partial charge in [-0.25, -0.2) is 12.8 Å². The molecule has 0 aliphatic carbocycles. The number of piperazine rings is 1. The summed E-state index contributed by atoms with van der Waals surface area (Å²) in [6.45, 7) is 1.80. The summed E-state index contributed by atoms with van der Waals surface area (Å²) >= 11 is 0. The van der Waals surface area contributed by atoms with Crippen molar-refractivity contribution in [1.29, 1.82) is 0 Å². The molecule has 1 N–H and O–H groups in total. The van der Waals surface area contributed by atoms with E-state index < -0.39 is 10.0 Å². The van der Waals surface area contributed by atoms with Crippen molar-refractivity contribution in [3.63, 3.8) is 0 Å². The van der Waals surface area contributed by atoms with Gasteiger partial charge < -0.3 is 14.5 Å². The maximum absolute atomic E-state index is 14.1. The van der Waals surface area contributed by atoms with E-state index in [0.717, 1.165) is 0 Å². The van der Waals surface area contributed by atoms with Crippen molar-refractivity contribution < 1.29 is 22.3 Å². The Morgan fingerprint density at radius 2 is 1.64 bits per heavy atom. The monoisotopic (exact) mass is 469 g/mol. The third-order valence-corrected chi connectivity index (χ3v) is 6.87. The second kappa shape index (κ2) is 9.50. The number of carbonyl (C=O) groups excluding carboxylic acids is 1. The molecule has 172 valence electrons. The van der Waals surface area contributed by atoms with Crippen LogP contribution in [0.5, 0.6) is 5.75 Å². The first-order chi connectivity index (χ1) is 15.9. The van der Waals surface area contributed by atoms with Crippen LogP contribution in [0.1, 0.15) is 10.4 Å². The molecule has 0 unspecified atom stereocenters. The SMILES string of the molecule is COc1ccc(NS(=O)(=O)c2cccc(C(=O)N3CCN(c4ccccc4F)CC3)c2)cc1. The second-order valence-electron chi connectivity index (χ2n) is 7.59. The number of hydrogen-bond donors (Lipinski definition) is 1. The van der Waals surface area contributed by atoms with E-state index in [4.69, 9.17) is 4.74 Å². The molecule has 33 heavy (non-hydrogen) atoms. The van der Waals surface area contributed by atoms with Crippen molar-refractivity contribution in [3.05, 3.63) is 84.2 Å². The average molecular weight is 470 g/mol. The number of carbonyl (C=O) groups is 1. The summed E-state index contributed by atoms with van der Waals surface area (Å²) in [5, 5.41) is 0. The summed E-state index contributed by atoms with van der Waals surface area (Å²) in [6, 6.07) is 19.0. The fourth-order valence-corrected chi connectivity index (χ4v) is 4.81. The Morgan fingerprint density at radius 1 is 0.939 bits per heavy atom. The lowest BCUT2D eigenvalue weighted by atomic mass is 10.1. The van der Waals surface area contributed by atoms with Gasteiger partial charge in [-0.3, -0.25) is 9.52 Å².